The summed E-state index contributed by atoms with van der Waals surface area (Å²) in [5.74, 6) is -4.19. The van der Waals surface area contributed by atoms with Gasteiger partial charge in [-0.05, 0) is 38.8 Å². The van der Waals surface area contributed by atoms with Crippen LogP contribution in [-0.2, 0) is 51.0 Å². The maximum Gasteiger partial charge on any atom is 0.408 e. The van der Waals surface area contributed by atoms with Gasteiger partial charge in [0, 0.05) is 12.8 Å². The van der Waals surface area contributed by atoms with Gasteiger partial charge in [-0.15, -0.1) is 0 Å². The van der Waals surface area contributed by atoms with Gasteiger partial charge in [0.1, 0.15) is 23.7 Å². The number of ether oxygens (including phenoxy) is 3. The standard InChI is InChI=1S/C33H44N4O10/c1-20(38)27(31(43)46-6)37-26(39)19-24(36-32(44)47-33(2,3)4)29(41)34-23(17-21-13-9-7-10-14-21)28(40)35-25(30(42)45-5)18-22-15-11-8-12-16-22/h7-16,20,23-25,27,38H,17-19H2,1-6H3,(H,34,41)(H,35,40)(H,36,44)(H,37,39)/t20-,23-,24-,25-,27+/m0/s1. The average molecular weight is 657 g/mol. The monoisotopic (exact) mass is 656 g/mol. The van der Waals surface area contributed by atoms with Crippen LogP contribution >= 0.6 is 0 Å². The second-order valence-corrected chi connectivity index (χ2v) is 11.7. The number of esters is 2. The van der Waals surface area contributed by atoms with Crippen LogP contribution in [0.25, 0.3) is 0 Å². The highest BCUT2D eigenvalue weighted by atomic mass is 16.6. The summed E-state index contributed by atoms with van der Waals surface area (Å²) in [5, 5.41) is 19.8. The third-order valence-corrected chi connectivity index (χ3v) is 6.65. The molecule has 2 rings (SSSR count). The Morgan fingerprint density at radius 2 is 1.15 bits per heavy atom. The number of methoxy groups -OCH3 is 2. The average Bonchev–Trinajstić information content (AvgIpc) is 3.01. The van der Waals surface area contributed by atoms with E-state index in [1.165, 1.54) is 14.0 Å². The molecule has 0 heterocycles. The molecule has 0 saturated heterocycles. The van der Waals surface area contributed by atoms with E-state index in [4.69, 9.17) is 9.47 Å². The van der Waals surface area contributed by atoms with Gasteiger partial charge in [0.05, 0.1) is 26.7 Å². The number of carbonyl (C=O) groups excluding carboxylic acids is 6. The number of alkyl carbamates (subject to hydrolysis) is 1. The Labute approximate surface area is 273 Å². The maximum atomic E-state index is 13.7. The minimum atomic E-state index is -1.59. The summed E-state index contributed by atoms with van der Waals surface area (Å²) in [6.45, 7) is 6.07. The van der Waals surface area contributed by atoms with E-state index in [9.17, 15) is 33.9 Å². The minimum absolute atomic E-state index is 0.0184. The van der Waals surface area contributed by atoms with Gasteiger partial charge in [0.25, 0.3) is 0 Å². The first kappa shape index (κ1) is 38.2. The first-order valence-electron chi connectivity index (χ1n) is 14.9. The van der Waals surface area contributed by atoms with E-state index in [-0.39, 0.29) is 12.8 Å². The first-order chi connectivity index (χ1) is 22.1. The van der Waals surface area contributed by atoms with Gasteiger partial charge in [-0.3, -0.25) is 14.4 Å². The van der Waals surface area contributed by atoms with Crippen molar-refractivity contribution in [3.8, 4) is 0 Å². The quantitative estimate of drug-likeness (QED) is 0.136. The number of aliphatic hydroxyl groups is 1. The van der Waals surface area contributed by atoms with Gasteiger partial charge in [-0.2, -0.15) is 0 Å². The summed E-state index contributed by atoms with van der Waals surface area (Å²) in [5.41, 5.74) is 0.465. The largest absolute Gasteiger partial charge is 0.467 e. The molecule has 4 amide bonds. The van der Waals surface area contributed by atoms with Crippen molar-refractivity contribution in [1.29, 1.82) is 0 Å². The van der Waals surface area contributed by atoms with Crippen LogP contribution in [0, 0.1) is 0 Å². The zero-order valence-electron chi connectivity index (χ0n) is 27.4. The lowest BCUT2D eigenvalue weighted by molar-refractivity contribution is -0.148. The SMILES string of the molecule is COC(=O)[C@H](Cc1ccccc1)NC(=O)[C@H](Cc1ccccc1)NC(=O)[C@H](CC(=O)N[C@@H](C(=O)OC)[C@H](C)O)NC(=O)OC(C)(C)C. The number of rotatable bonds is 15. The van der Waals surface area contributed by atoms with Crippen molar-refractivity contribution in [2.24, 2.45) is 0 Å². The molecule has 2 aromatic carbocycles. The third kappa shape index (κ3) is 13.5. The molecule has 5 atom stereocenters. The predicted octanol–water partition coefficient (Wildman–Crippen LogP) is 0.936. The second kappa shape index (κ2) is 18.2. The number of carbonyl (C=O) groups is 6. The predicted molar refractivity (Wildman–Crippen MR) is 170 cm³/mol. The van der Waals surface area contributed by atoms with Crippen LogP contribution in [0.3, 0.4) is 0 Å². The fourth-order valence-corrected chi connectivity index (χ4v) is 4.37. The minimum Gasteiger partial charge on any atom is -0.467 e. The van der Waals surface area contributed by atoms with E-state index in [0.717, 1.165) is 12.7 Å². The highest BCUT2D eigenvalue weighted by molar-refractivity contribution is 5.96. The van der Waals surface area contributed by atoms with Crippen LogP contribution in [0.15, 0.2) is 60.7 Å². The summed E-state index contributed by atoms with van der Waals surface area (Å²) < 4.78 is 14.8. The molecule has 256 valence electrons. The molecule has 0 aromatic heterocycles. The van der Waals surface area contributed by atoms with Crippen LogP contribution in [-0.4, -0.2) is 91.0 Å². The number of hydrogen-bond donors (Lipinski definition) is 5. The van der Waals surface area contributed by atoms with E-state index < -0.39 is 78.0 Å². The summed E-state index contributed by atoms with van der Waals surface area (Å²) in [6, 6.07) is 12.3. The Morgan fingerprint density at radius 1 is 0.681 bits per heavy atom. The van der Waals surface area contributed by atoms with Gasteiger partial charge in [-0.25, -0.2) is 14.4 Å². The number of amides is 4. The van der Waals surface area contributed by atoms with Crippen molar-refractivity contribution in [1.82, 2.24) is 21.3 Å². The zero-order chi connectivity index (χ0) is 35.1. The van der Waals surface area contributed by atoms with Crippen molar-refractivity contribution in [2.45, 2.75) is 82.8 Å². The smallest absolute Gasteiger partial charge is 0.408 e. The molecule has 0 aliphatic rings. The molecule has 0 bridgehead atoms. The molecule has 0 saturated carbocycles. The Hall–Kier alpha value is -4.98. The van der Waals surface area contributed by atoms with Gasteiger partial charge in [0.2, 0.25) is 17.7 Å². The summed E-state index contributed by atoms with van der Waals surface area (Å²) in [4.78, 5) is 77.7. The fourth-order valence-electron chi connectivity index (χ4n) is 4.37. The fraction of sp³-hybridized carbons (Fsp3) is 0.455. The summed E-state index contributed by atoms with van der Waals surface area (Å²) in [6.07, 6.45) is -2.98. The molecule has 0 aliphatic heterocycles. The van der Waals surface area contributed by atoms with Crippen molar-refractivity contribution in [2.75, 3.05) is 14.2 Å². The van der Waals surface area contributed by atoms with Gasteiger partial charge >= 0.3 is 18.0 Å². The van der Waals surface area contributed by atoms with E-state index in [0.29, 0.717) is 5.56 Å². The molecule has 2 aromatic rings. The van der Waals surface area contributed by atoms with Crippen LogP contribution in [0.2, 0.25) is 0 Å². The molecule has 14 nitrogen and oxygen atoms in total. The number of nitrogens with one attached hydrogen (secondary N) is 4. The van der Waals surface area contributed by atoms with Crippen LogP contribution < -0.4 is 21.3 Å². The van der Waals surface area contributed by atoms with Gasteiger partial charge in [0.15, 0.2) is 6.04 Å². The lowest BCUT2D eigenvalue weighted by Gasteiger charge is -2.26. The van der Waals surface area contributed by atoms with Crippen molar-refractivity contribution >= 4 is 35.8 Å². The highest BCUT2D eigenvalue weighted by Crippen LogP contribution is 2.10. The van der Waals surface area contributed by atoms with Crippen LogP contribution in [0.4, 0.5) is 4.79 Å². The lowest BCUT2D eigenvalue weighted by Crippen LogP contribution is -2.58. The Bertz CT molecular complexity index is 1360. The van der Waals surface area contributed by atoms with E-state index in [1.54, 1.807) is 75.4 Å². The summed E-state index contributed by atoms with van der Waals surface area (Å²) >= 11 is 0. The lowest BCUT2D eigenvalue weighted by atomic mass is 10.0. The molecule has 0 spiro atoms. The topological polar surface area (TPSA) is 198 Å². The number of benzene rings is 2. The van der Waals surface area contributed by atoms with E-state index in [2.05, 4.69) is 26.0 Å². The number of aliphatic hydroxyl groups excluding tert-OH is 1. The second-order valence-electron chi connectivity index (χ2n) is 11.7. The van der Waals surface area contributed by atoms with Crippen LogP contribution in [0.5, 0.6) is 0 Å². The highest BCUT2D eigenvalue weighted by Gasteiger charge is 2.34. The molecule has 0 fully saturated rings. The molecule has 0 aliphatic carbocycles. The summed E-state index contributed by atoms with van der Waals surface area (Å²) in [7, 11) is 2.27. The van der Waals surface area contributed by atoms with Crippen molar-refractivity contribution in [3.05, 3.63) is 71.8 Å². The first-order valence-corrected chi connectivity index (χ1v) is 14.9. The molecule has 47 heavy (non-hydrogen) atoms. The normalized spacial score (nSPS) is 14.2. The van der Waals surface area contributed by atoms with Crippen molar-refractivity contribution < 1.29 is 48.1 Å². The Kier molecular flexibility index (Phi) is 14.8. The Morgan fingerprint density at radius 3 is 1.62 bits per heavy atom. The third-order valence-electron chi connectivity index (χ3n) is 6.65. The van der Waals surface area contributed by atoms with E-state index >= 15 is 0 Å². The Balaban J connectivity index is 2.37. The van der Waals surface area contributed by atoms with Gasteiger partial charge in [-0.1, -0.05) is 60.7 Å². The van der Waals surface area contributed by atoms with Crippen LogP contribution in [0.1, 0.15) is 45.2 Å². The molecule has 0 unspecified atom stereocenters. The zero-order valence-corrected chi connectivity index (χ0v) is 27.4. The van der Waals surface area contributed by atoms with Crippen molar-refractivity contribution in [3.63, 3.8) is 0 Å². The molecule has 14 heteroatoms. The molecule has 5 N–H and O–H groups in total. The molecule has 0 radical (unpaired) electrons. The van der Waals surface area contributed by atoms with E-state index in [1.807, 2.05) is 6.07 Å². The molecular formula is C33H44N4O10. The number of hydrogen-bond acceptors (Lipinski definition) is 10. The maximum absolute atomic E-state index is 13.7. The molecular weight excluding hydrogens is 612 g/mol. The van der Waals surface area contributed by atoms with Gasteiger partial charge < -0.3 is 40.6 Å².